The molecule has 1 fully saturated rings. The lowest BCUT2D eigenvalue weighted by molar-refractivity contribution is -0.121. The number of urea groups is 1. The first-order valence-corrected chi connectivity index (χ1v) is 9.77. The Labute approximate surface area is 171 Å². The van der Waals surface area contributed by atoms with E-state index in [0.717, 1.165) is 16.8 Å². The molecule has 1 atom stereocenters. The minimum atomic E-state index is -1.67. The minimum Gasteiger partial charge on any atom is -0.426 e. The van der Waals surface area contributed by atoms with Crippen LogP contribution in [0.2, 0.25) is 0 Å². The number of anilines is 1. The zero-order valence-corrected chi connectivity index (χ0v) is 16.5. The summed E-state index contributed by atoms with van der Waals surface area (Å²) in [6, 6.07) is 16.9. The number of aryl methyl sites for hydroxylation is 1. The Balaban J connectivity index is 1.52. The summed E-state index contributed by atoms with van der Waals surface area (Å²) >= 11 is 0. The van der Waals surface area contributed by atoms with Gasteiger partial charge >= 0.3 is 13.1 Å². The second-order valence-corrected chi connectivity index (χ2v) is 7.23. The number of carbonyl (C=O) groups excluding carboxylic acids is 2. The van der Waals surface area contributed by atoms with Crippen LogP contribution in [0.15, 0.2) is 54.6 Å². The number of hydrogen-bond acceptors (Lipinski definition) is 4. The Morgan fingerprint density at radius 3 is 2.48 bits per heavy atom. The Morgan fingerprint density at radius 1 is 1.10 bits per heavy atom. The highest BCUT2D eigenvalue weighted by molar-refractivity contribution is 6.43. The standard InChI is InChI=1S/C21H26BN3O4/c1-16-7-5-6-8-17(16)15-19(22(28)29)23-20(26)11-12-24-13-14-25(21(24)27)18-9-3-2-4-10-18/h2-10,19,28-29H,11-15H2,1H3,(H,23,26)/t19-/m0/s1. The van der Waals surface area contributed by atoms with Gasteiger partial charge in [0.05, 0.1) is 5.94 Å². The van der Waals surface area contributed by atoms with E-state index < -0.39 is 13.1 Å². The molecule has 152 valence electrons. The van der Waals surface area contributed by atoms with E-state index in [1.54, 1.807) is 9.80 Å². The first-order chi connectivity index (χ1) is 14.0. The predicted molar refractivity (Wildman–Crippen MR) is 112 cm³/mol. The van der Waals surface area contributed by atoms with E-state index in [4.69, 9.17) is 0 Å². The monoisotopic (exact) mass is 395 g/mol. The quantitative estimate of drug-likeness (QED) is 0.589. The van der Waals surface area contributed by atoms with Gasteiger partial charge in [-0.1, -0.05) is 42.5 Å². The maximum absolute atomic E-state index is 12.6. The highest BCUT2D eigenvalue weighted by atomic mass is 16.4. The van der Waals surface area contributed by atoms with Crippen molar-refractivity contribution < 1.29 is 19.6 Å². The third-order valence-corrected chi connectivity index (χ3v) is 5.18. The number of benzene rings is 2. The van der Waals surface area contributed by atoms with Crippen molar-refractivity contribution in [1.82, 2.24) is 10.2 Å². The van der Waals surface area contributed by atoms with Gasteiger partial charge in [-0.2, -0.15) is 0 Å². The molecule has 0 saturated carbocycles. The van der Waals surface area contributed by atoms with Gasteiger partial charge in [0.2, 0.25) is 5.91 Å². The van der Waals surface area contributed by atoms with Crippen molar-refractivity contribution in [2.24, 2.45) is 0 Å². The highest BCUT2D eigenvalue weighted by Gasteiger charge is 2.30. The minimum absolute atomic E-state index is 0.103. The molecule has 3 amide bonds. The van der Waals surface area contributed by atoms with Gasteiger partial charge in [-0.05, 0) is 36.6 Å². The summed E-state index contributed by atoms with van der Waals surface area (Å²) in [6.45, 7) is 3.36. The molecule has 0 aromatic heterocycles. The van der Waals surface area contributed by atoms with Crippen molar-refractivity contribution in [3.05, 3.63) is 65.7 Å². The average molecular weight is 395 g/mol. The Kier molecular flexibility index (Phi) is 6.90. The summed E-state index contributed by atoms with van der Waals surface area (Å²) in [5.74, 6) is -1.12. The zero-order chi connectivity index (χ0) is 20.8. The van der Waals surface area contributed by atoms with E-state index in [2.05, 4.69) is 5.32 Å². The smallest absolute Gasteiger partial charge is 0.426 e. The van der Waals surface area contributed by atoms with Gasteiger partial charge in [0, 0.05) is 31.7 Å². The van der Waals surface area contributed by atoms with Crippen LogP contribution in [0, 0.1) is 6.92 Å². The molecule has 29 heavy (non-hydrogen) atoms. The van der Waals surface area contributed by atoms with Crippen molar-refractivity contribution in [2.45, 2.75) is 25.7 Å². The largest absolute Gasteiger partial charge is 0.475 e. The molecular weight excluding hydrogens is 369 g/mol. The molecule has 0 bridgehead atoms. The lowest BCUT2D eigenvalue weighted by Crippen LogP contribution is -2.48. The number of rotatable bonds is 8. The number of hydrogen-bond donors (Lipinski definition) is 3. The topological polar surface area (TPSA) is 93.1 Å². The fourth-order valence-corrected chi connectivity index (χ4v) is 3.46. The van der Waals surface area contributed by atoms with Crippen LogP contribution in [-0.2, 0) is 11.2 Å². The first kappa shape index (κ1) is 20.9. The summed E-state index contributed by atoms with van der Waals surface area (Å²) < 4.78 is 0. The van der Waals surface area contributed by atoms with Crippen LogP contribution >= 0.6 is 0 Å². The van der Waals surface area contributed by atoms with Crippen LogP contribution in [0.5, 0.6) is 0 Å². The summed E-state index contributed by atoms with van der Waals surface area (Å²) in [6.07, 6.45) is 0.422. The Morgan fingerprint density at radius 2 is 1.79 bits per heavy atom. The first-order valence-electron chi connectivity index (χ1n) is 9.77. The van der Waals surface area contributed by atoms with Gasteiger partial charge in [0.25, 0.3) is 0 Å². The van der Waals surface area contributed by atoms with Gasteiger partial charge in [0.1, 0.15) is 0 Å². The molecular formula is C21H26BN3O4. The highest BCUT2D eigenvalue weighted by Crippen LogP contribution is 2.19. The van der Waals surface area contributed by atoms with Gasteiger partial charge in [-0.25, -0.2) is 4.79 Å². The van der Waals surface area contributed by atoms with Crippen LogP contribution in [-0.4, -0.2) is 59.6 Å². The fourth-order valence-electron chi connectivity index (χ4n) is 3.46. The van der Waals surface area contributed by atoms with Crippen molar-refractivity contribution >= 4 is 24.7 Å². The molecule has 0 radical (unpaired) electrons. The second kappa shape index (κ2) is 9.58. The fraction of sp³-hybridized carbons (Fsp3) is 0.333. The van der Waals surface area contributed by atoms with E-state index in [1.165, 1.54) is 0 Å². The maximum Gasteiger partial charge on any atom is 0.475 e. The number of amides is 3. The van der Waals surface area contributed by atoms with Crippen LogP contribution in [0.1, 0.15) is 17.5 Å². The van der Waals surface area contributed by atoms with Crippen molar-refractivity contribution in [3.8, 4) is 0 Å². The van der Waals surface area contributed by atoms with Gasteiger partial charge in [-0.15, -0.1) is 0 Å². The molecule has 7 nitrogen and oxygen atoms in total. The summed E-state index contributed by atoms with van der Waals surface area (Å²) in [7, 11) is -1.67. The second-order valence-electron chi connectivity index (χ2n) is 7.23. The van der Waals surface area contributed by atoms with Crippen LogP contribution in [0.4, 0.5) is 10.5 Å². The third-order valence-electron chi connectivity index (χ3n) is 5.18. The molecule has 3 rings (SSSR count). The van der Waals surface area contributed by atoms with Crippen LogP contribution in [0.3, 0.4) is 0 Å². The Bertz CT molecular complexity index is 847. The molecule has 0 spiro atoms. The number of para-hydroxylation sites is 1. The molecule has 0 unspecified atom stereocenters. The SMILES string of the molecule is Cc1ccccc1C[C@H](NC(=O)CCN1CCN(c2ccccc2)C1=O)B(O)O. The molecule has 1 aliphatic rings. The predicted octanol–water partition coefficient (Wildman–Crippen LogP) is 1.37. The summed E-state index contributed by atoms with van der Waals surface area (Å²) in [5, 5.41) is 22.0. The molecule has 1 aliphatic heterocycles. The summed E-state index contributed by atoms with van der Waals surface area (Å²) in [4.78, 5) is 28.3. The van der Waals surface area contributed by atoms with E-state index in [0.29, 0.717) is 19.5 Å². The van der Waals surface area contributed by atoms with E-state index in [9.17, 15) is 19.6 Å². The molecule has 2 aromatic rings. The van der Waals surface area contributed by atoms with E-state index >= 15 is 0 Å². The van der Waals surface area contributed by atoms with Crippen molar-refractivity contribution in [2.75, 3.05) is 24.5 Å². The van der Waals surface area contributed by atoms with Gasteiger partial charge in [-0.3, -0.25) is 9.69 Å². The van der Waals surface area contributed by atoms with E-state index in [-0.39, 0.29) is 24.9 Å². The average Bonchev–Trinajstić information content (AvgIpc) is 3.08. The molecule has 0 aliphatic carbocycles. The zero-order valence-electron chi connectivity index (χ0n) is 16.5. The van der Waals surface area contributed by atoms with Gasteiger partial charge < -0.3 is 20.3 Å². The molecule has 8 heteroatoms. The van der Waals surface area contributed by atoms with Crippen molar-refractivity contribution in [1.29, 1.82) is 0 Å². The van der Waals surface area contributed by atoms with Crippen molar-refractivity contribution in [3.63, 3.8) is 0 Å². The van der Waals surface area contributed by atoms with Gasteiger partial charge in [0.15, 0.2) is 0 Å². The lowest BCUT2D eigenvalue weighted by atomic mass is 9.75. The maximum atomic E-state index is 12.6. The van der Waals surface area contributed by atoms with E-state index in [1.807, 2.05) is 61.5 Å². The third kappa shape index (κ3) is 5.37. The normalized spacial score (nSPS) is 14.8. The van der Waals surface area contributed by atoms with Crippen LogP contribution in [0.25, 0.3) is 0 Å². The summed E-state index contributed by atoms with van der Waals surface area (Å²) in [5.41, 5.74) is 2.81. The number of nitrogens with one attached hydrogen (secondary N) is 1. The molecule has 1 heterocycles. The Hall–Kier alpha value is -2.84. The molecule has 3 N–H and O–H groups in total. The number of carbonyl (C=O) groups is 2. The number of nitrogens with zero attached hydrogens (tertiary/aromatic N) is 2. The lowest BCUT2D eigenvalue weighted by Gasteiger charge is -2.21. The van der Waals surface area contributed by atoms with Crippen LogP contribution < -0.4 is 10.2 Å². The molecule has 2 aromatic carbocycles. The molecule has 1 saturated heterocycles.